The Morgan fingerprint density at radius 2 is 1.53 bits per heavy atom. The van der Waals surface area contributed by atoms with Crippen LogP contribution in [0.1, 0.15) is 25.3 Å². The highest BCUT2D eigenvalue weighted by Gasteiger charge is 2.23. The maximum atomic E-state index is 12.0. The van der Waals surface area contributed by atoms with Crippen molar-refractivity contribution in [3.8, 4) is 0 Å². The monoisotopic (exact) mass is 228 g/mol. The zero-order chi connectivity index (χ0) is 11.5. The maximum Gasteiger partial charge on any atom is 0.360 e. The Morgan fingerprint density at radius 3 is 1.87 bits per heavy atom. The summed E-state index contributed by atoms with van der Waals surface area (Å²) < 4.78 is 21.8. The summed E-state index contributed by atoms with van der Waals surface area (Å²) in [5, 5.41) is 0.594. The molecule has 84 valence electrons. The van der Waals surface area contributed by atoms with E-state index >= 15 is 0 Å². The normalized spacial score (nSPS) is 12.1. The first-order valence-electron chi connectivity index (χ1n) is 4.85. The Hall–Kier alpha value is -0.630. The SMILES string of the molecule is COP(=O)(OC)c1ccc(C(C)C)cc1. The van der Waals surface area contributed by atoms with Gasteiger partial charge in [0.15, 0.2) is 0 Å². The van der Waals surface area contributed by atoms with Crippen LogP contribution in [-0.2, 0) is 13.6 Å². The molecule has 1 aromatic rings. The molecule has 0 spiro atoms. The molecule has 1 rings (SSSR count). The van der Waals surface area contributed by atoms with E-state index in [4.69, 9.17) is 9.05 Å². The predicted octanol–water partition coefficient (Wildman–Crippen LogP) is 2.92. The number of hydrogen-bond donors (Lipinski definition) is 0. The van der Waals surface area contributed by atoms with Gasteiger partial charge in [0.1, 0.15) is 0 Å². The number of benzene rings is 1. The van der Waals surface area contributed by atoms with Gasteiger partial charge >= 0.3 is 7.60 Å². The van der Waals surface area contributed by atoms with E-state index in [1.54, 1.807) is 12.1 Å². The largest absolute Gasteiger partial charge is 0.360 e. The molecule has 0 aromatic heterocycles. The molecule has 0 heterocycles. The van der Waals surface area contributed by atoms with Crippen molar-refractivity contribution in [1.82, 2.24) is 0 Å². The summed E-state index contributed by atoms with van der Waals surface area (Å²) in [6, 6.07) is 7.49. The van der Waals surface area contributed by atoms with Crippen LogP contribution >= 0.6 is 7.60 Å². The average molecular weight is 228 g/mol. The highest BCUT2D eigenvalue weighted by atomic mass is 31.2. The first-order valence-corrected chi connectivity index (χ1v) is 6.40. The maximum absolute atomic E-state index is 12.0. The Morgan fingerprint density at radius 1 is 1.07 bits per heavy atom. The van der Waals surface area contributed by atoms with Crippen LogP contribution in [0.2, 0.25) is 0 Å². The fourth-order valence-electron chi connectivity index (χ4n) is 1.33. The van der Waals surface area contributed by atoms with E-state index in [0.717, 1.165) is 0 Å². The molecule has 4 heteroatoms. The molecule has 0 bridgehead atoms. The predicted molar refractivity (Wildman–Crippen MR) is 61.8 cm³/mol. The second-order valence-corrected chi connectivity index (χ2v) is 5.85. The average Bonchev–Trinajstić information content (AvgIpc) is 2.28. The van der Waals surface area contributed by atoms with Gasteiger partial charge in [-0.25, -0.2) is 0 Å². The van der Waals surface area contributed by atoms with E-state index in [9.17, 15) is 4.57 Å². The molecular weight excluding hydrogens is 211 g/mol. The first-order chi connectivity index (χ1) is 7.03. The lowest BCUT2D eigenvalue weighted by Crippen LogP contribution is -2.07. The molecule has 3 nitrogen and oxygen atoms in total. The third-order valence-corrected chi connectivity index (χ3v) is 4.25. The van der Waals surface area contributed by atoms with Crippen molar-refractivity contribution in [2.75, 3.05) is 14.2 Å². The molecule has 0 fully saturated rings. The van der Waals surface area contributed by atoms with Crippen molar-refractivity contribution >= 4 is 12.9 Å². The first kappa shape index (κ1) is 12.4. The molecule has 0 aliphatic carbocycles. The van der Waals surface area contributed by atoms with Gasteiger partial charge < -0.3 is 9.05 Å². The van der Waals surface area contributed by atoms with Gasteiger partial charge in [-0.3, -0.25) is 4.57 Å². The summed E-state index contributed by atoms with van der Waals surface area (Å²) in [6.07, 6.45) is 0. The van der Waals surface area contributed by atoms with Gasteiger partial charge in [-0.2, -0.15) is 0 Å². The summed E-state index contributed by atoms with van der Waals surface area (Å²) in [4.78, 5) is 0. The number of rotatable bonds is 4. The van der Waals surface area contributed by atoms with E-state index in [0.29, 0.717) is 11.2 Å². The van der Waals surface area contributed by atoms with Crippen molar-refractivity contribution in [3.05, 3.63) is 29.8 Å². The fourth-order valence-corrected chi connectivity index (χ4v) is 2.41. The van der Waals surface area contributed by atoms with Gasteiger partial charge in [0, 0.05) is 14.2 Å². The highest BCUT2D eigenvalue weighted by molar-refractivity contribution is 7.62. The van der Waals surface area contributed by atoms with Crippen molar-refractivity contribution in [1.29, 1.82) is 0 Å². The van der Waals surface area contributed by atoms with Gasteiger partial charge in [0.2, 0.25) is 0 Å². The van der Waals surface area contributed by atoms with Crippen LogP contribution in [0.4, 0.5) is 0 Å². The van der Waals surface area contributed by atoms with Crippen LogP contribution in [0.5, 0.6) is 0 Å². The lowest BCUT2D eigenvalue weighted by Gasteiger charge is -2.14. The third-order valence-electron chi connectivity index (χ3n) is 2.36. The topological polar surface area (TPSA) is 35.5 Å². The Kier molecular flexibility index (Phi) is 4.09. The Bertz CT molecular complexity index is 349. The Balaban J connectivity index is 3.03. The van der Waals surface area contributed by atoms with Crippen LogP contribution in [-0.4, -0.2) is 14.2 Å². The molecule has 0 N–H and O–H groups in total. The minimum Gasteiger partial charge on any atom is -0.309 e. The van der Waals surface area contributed by atoms with Gasteiger partial charge in [-0.05, 0) is 23.6 Å². The molecule has 0 saturated carbocycles. The zero-order valence-electron chi connectivity index (χ0n) is 9.56. The van der Waals surface area contributed by atoms with E-state index in [1.165, 1.54) is 19.8 Å². The molecule has 15 heavy (non-hydrogen) atoms. The second kappa shape index (κ2) is 4.93. The second-order valence-electron chi connectivity index (χ2n) is 3.61. The van der Waals surface area contributed by atoms with E-state index in [2.05, 4.69) is 13.8 Å². The summed E-state index contributed by atoms with van der Waals surface area (Å²) in [5.41, 5.74) is 1.21. The lowest BCUT2D eigenvalue weighted by atomic mass is 10.0. The number of hydrogen-bond acceptors (Lipinski definition) is 3. The van der Waals surface area contributed by atoms with Gasteiger partial charge in [-0.1, -0.05) is 26.0 Å². The van der Waals surface area contributed by atoms with E-state index < -0.39 is 7.60 Å². The van der Waals surface area contributed by atoms with E-state index in [1.807, 2.05) is 12.1 Å². The molecule has 0 aliphatic rings. The lowest BCUT2D eigenvalue weighted by molar-refractivity contribution is 0.287. The minimum atomic E-state index is -3.08. The van der Waals surface area contributed by atoms with E-state index in [-0.39, 0.29) is 0 Å². The zero-order valence-corrected chi connectivity index (χ0v) is 10.5. The molecule has 0 atom stereocenters. The van der Waals surface area contributed by atoms with Crippen LogP contribution in [0.25, 0.3) is 0 Å². The summed E-state index contributed by atoms with van der Waals surface area (Å²) in [5.74, 6) is 0.462. The van der Waals surface area contributed by atoms with Gasteiger partial charge in [0.25, 0.3) is 0 Å². The quantitative estimate of drug-likeness (QED) is 0.743. The summed E-state index contributed by atoms with van der Waals surface area (Å²) in [6.45, 7) is 4.22. The molecule has 0 saturated heterocycles. The fraction of sp³-hybridized carbons (Fsp3) is 0.455. The molecular formula is C11H17O3P. The van der Waals surface area contributed by atoms with Crippen molar-refractivity contribution in [3.63, 3.8) is 0 Å². The molecule has 0 unspecified atom stereocenters. The standard InChI is InChI=1S/C11H17O3P/c1-9(2)10-5-7-11(8-6-10)15(12,13-3)14-4/h5-9H,1-4H3. The third kappa shape index (κ3) is 2.69. The molecule has 0 amide bonds. The van der Waals surface area contributed by atoms with Gasteiger partial charge in [0.05, 0.1) is 5.30 Å². The molecule has 0 aliphatic heterocycles. The minimum absolute atomic E-state index is 0.462. The van der Waals surface area contributed by atoms with Crippen LogP contribution in [0.3, 0.4) is 0 Å². The van der Waals surface area contributed by atoms with Crippen LogP contribution in [0.15, 0.2) is 24.3 Å². The van der Waals surface area contributed by atoms with Crippen LogP contribution in [0, 0.1) is 0 Å². The van der Waals surface area contributed by atoms with Crippen molar-refractivity contribution < 1.29 is 13.6 Å². The molecule has 1 aromatic carbocycles. The van der Waals surface area contributed by atoms with Gasteiger partial charge in [-0.15, -0.1) is 0 Å². The smallest absolute Gasteiger partial charge is 0.309 e. The van der Waals surface area contributed by atoms with Crippen molar-refractivity contribution in [2.45, 2.75) is 19.8 Å². The van der Waals surface area contributed by atoms with Crippen LogP contribution < -0.4 is 5.30 Å². The molecule has 0 radical (unpaired) electrons. The highest BCUT2D eigenvalue weighted by Crippen LogP contribution is 2.44. The Labute approximate surface area is 90.9 Å². The summed E-state index contributed by atoms with van der Waals surface area (Å²) >= 11 is 0. The summed E-state index contributed by atoms with van der Waals surface area (Å²) in [7, 11) is -0.305. The van der Waals surface area contributed by atoms with Crippen molar-refractivity contribution in [2.24, 2.45) is 0 Å².